The second kappa shape index (κ2) is 18.5. The van der Waals surface area contributed by atoms with Crippen molar-refractivity contribution in [2.24, 2.45) is 5.92 Å². The zero-order chi connectivity index (χ0) is 18.0. The van der Waals surface area contributed by atoms with E-state index in [2.05, 4.69) is 6.92 Å². The molecule has 0 aliphatic carbocycles. The zero-order valence-corrected chi connectivity index (χ0v) is 15.0. The number of rotatable bonds is 11. The van der Waals surface area contributed by atoms with E-state index in [9.17, 15) is 15.1 Å². The third-order valence-corrected chi connectivity index (χ3v) is 3.45. The smallest absolute Gasteiger partial charge is 0.125 e. The molecule has 0 aromatic heterocycles. The highest BCUT2D eigenvalue weighted by Crippen LogP contribution is 2.11. The van der Waals surface area contributed by atoms with Crippen molar-refractivity contribution < 1.29 is 30.0 Å². The van der Waals surface area contributed by atoms with Crippen molar-refractivity contribution in [1.82, 2.24) is 0 Å². The normalized spacial score (nSPS) is 15.3. The van der Waals surface area contributed by atoms with Crippen LogP contribution in [-0.2, 0) is 4.79 Å². The van der Waals surface area contributed by atoms with E-state index >= 15 is 0 Å². The number of quaternary nitrogens is 1. The van der Waals surface area contributed by atoms with E-state index in [0.717, 1.165) is 46.3 Å². The van der Waals surface area contributed by atoms with Gasteiger partial charge in [-0.2, -0.15) is 4.65 Å². The number of hydroxylamine groups is 3. The summed E-state index contributed by atoms with van der Waals surface area (Å²) in [6.07, 6.45) is 6.12. The van der Waals surface area contributed by atoms with Crippen molar-refractivity contribution in [3.05, 3.63) is 0 Å². The molecule has 136 valence electrons. The second-order valence-corrected chi connectivity index (χ2v) is 5.55. The second-order valence-electron chi connectivity index (χ2n) is 5.55. The molecular formula is C16H38NO5+. The lowest BCUT2D eigenvalue weighted by molar-refractivity contribution is -1.09. The van der Waals surface area contributed by atoms with Crippen LogP contribution in [-0.4, -0.2) is 71.9 Å². The molecule has 6 heteroatoms. The van der Waals surface area contributed by atoms with E-state index in [0.29, 0.717) is 13.0 Å². The van der Waals surface area contributed by atoms with Gasteiger partial charge in [0.15, 0.2) is 0 Å². The standard InChI is InChI=1S/C14H30NO3.2CH4O/c1-4-5-6-7-10-15(3,18)11-8-9-14(17)13(2)12-16;2*1-2/h12-14,17-18H,4-11H2,1-3H3;2*2H,1H3/q+1;;. The van der Waals surface area contributed by atoms with Crippen LogP contribution in [0.5, 0.6) is 0 Å². The number of aliphatic hydroxyl groups excluding tert-OH is 3. The molecule has 0 aliphatic rings. The van der Waals surface area contributed by atoms with Gasteiger partial charge in [0.1, 0.15) is 19.4 Å². The van der Waals surface area contributed by atoms with Gasteiger partial charge in [-0.25, -0.2) is 5.21 Å². The maximum absolute atomic E-state index is 10.5. The summed E-state index contributed by atoms with van der Waals surface area (Å²) in [5, 5.41) is 33.7. The van der Waals surface area contributed by atoms with Gasteiger partial charge >= 0.3 is 0 Å². The summed E-state index contributed by atoms with van der Waals surface area (Å²) >= 11 is 0. The van der Waals surface area contributed by atoms with Crippen LogP contribution >= 0.6 is 0 Å². The molecule has 0 heterocycles. The Morgan fingerprint density at radius 2 is 1.50 bits per heavy atom. The topological polar surface area (TPSA) is 98.0 Å². The summed E-state index contributed by atoms with van der Waals surface area (Å²) in [4.78, 5) is 10.5. The zero-order valence-electron chi connectivity index (χ0n) is 15.0. The molecule has 0 spiro atoms. The molecule has 6 nitrogen and oxygen atoms in total. The van der Waals surface area contributed by atoms with Gasteiger partial charge in [-0.05, 0) is 19.3 Å². The monoisotopic (exact) mass is 324 g/mol. The first-order valence-corrected chi connectivity index (χ1v) is 8.03. The number of nitrogens with zero attached hydrogens (tertiary/aromatic N) is 1. The molecule has 0 aromatic carbocycles. The van der Waals surface area contributed by atoms with Gasteiger partial charge in [-0.1, -0.05) is 26.7 Å². The molecule has 0 saturated carbocycles. The summed E-state index contributed by atoms with van der Waals surface area (Å²) in [6, 6.07) is 0. The van der Waals surface area contributed by atoms with Gasteiger partial charge in [0.05, 0.1) is 13.2 Å². The van der Waals surface area contributed by atoms with E-state index < -0.39 is 6.10 Å². The maximum Gasteiger partial charge on any atom is 0.125 e. The Kier molecular flexibility index (Phi) is 22.2. The maximum atomic E-state index is 10.5. The van der Waals surface area contributed by atoms with Crippen LogP contribution in [0.15, 0.2) is 0 Å². The average Bonchev–Trinajstić information content (AvgIpc) is 2.54. The van der Waals surface area contributed by atoms with E-state index in [1.165, 1.54) is 12.8 Å². The fourth-order valence-corrected chi connectivity index (χ4v) is 1.99. The van der Waals surface area contributed by atoms with Crippen molar-refractivity contribution in [3.63, 3.8) is 0 Å². The minimum Gasteiger partial charge on any atom is -0.400 e. The van der Waals surface area contributed by atoms with Crippen LogP contribution < -0.4 is 0 Å². The molecule has 0 saturated heterocycles. The lowest BCUT2D eigenvalue weighted by atomic mass is 10.0. The summed E-state index contributed by atoms with van der Waals surface area (Å²) in [5.41, 5.74) is 0. The number of hydrogen-bond donors (Lipinski definition) is 4. The van der Waals surface area contributed by atoms with Crippen LogP contribution in [0.25, 0.3) is 0 Å². The van der Waals surface area contributed by atoms with Gasteiger partial charge in [0, 0.05) is 26.6 Å². The quantitative estimate of drug-likeness (QED) is 0.200. The van der Waals surface area contributed by atoms with Gasteiger partial charge in [0.2, 0.25) is 0 Å². The van der Waals surface area contributed by atoms with Crippen LogP contribution in [0.2, 0.25) is 0 Å². The van der Waals surface area contributed by atoms with Crippen LogP contribution in [0.1, 0.15) is 52.4 Å². The molecule has 0 bridgehead atoms. The Labute approximate surface area is 135 Å². The third-order valence-electron chi connectivity index (χ3n) is 3.45. The number of unbranched alkanes of at least 4 members (excludes halogenated alkanes) is 3. The van der Waals surface area contributed by atoms with Crippen LogP contribution in [0.4, 0.5) is 0 Å². The Morgan fingerprint density at radius 3 is 1.95 bits per heavy atom. The van der Waals surface area contributed by atoms with E-state index in [4.69, 9.17) is 10.2 Å². The van der Waals surface area contributed by atoms with E-state index in [1.807, 2.05) is 7.05 Å². The minimum atomic E-state index is -0.581. The van der Waals surface area contributed by atoms with Crippen molar-refractivity contribution >= 4 is 6.29 Å². The molecule has 0 fully saturated rings. The highest BCUT2D eigenvalue weighted by Gasteiger charge is 2.20. The minimum absolute atomic E-state index is 0.0197. The van der Waals surface area contributed by atoms with E-state index in [1.54, 1.807) is 6.92 Å². The summed E-state index contributed by atoms with van der Waals surface area (Å²) < 4.78 is 0.0197. The molecule has 4 N–H and O–H groups in total. The first kappa shape index (κ1) is 26.4. The van der Waals surface area contributed by atoms with Gasteiger partial charge in [-0.3, -0.25) is 0 Å². The highest BCUT2D eigenvalue weighted by molar-refractivity contribution is 5.53. The first-order valence-electron chi connectivity index (χ1n) is 8.03. The van der Waals surface area contributed by atoms with Crippen molar-refractivity contribution in [3.8, 4) is 0 Å². The Hall–Kier alpha value is -0.530. The van der Waals surface area contributed by atoms with Gasteiger partial charge < -0.3 is 20.1 Å². The molecule has 0 radical (unpaired) electrons. The van der Waals surface area contributed by atoms with Gasteiger partial charge in [0.25, 0.3) is 0 Å². The largest absolute Gasteiger partial charge is 0.400 e. The molecule has 0 aromatic rings. The molecule has 3 unspecified atom stereocenters. The predicted molar refractivity (Wildman–Crippen MR) is 88.6 cm³/mol. The Morgan fingerprint density at radius 1 is 1.00 bits per heavy atom. The average molecular weight is 324 g/mol. The predicted octanol–water partition coefficient (Wildman–Crippen LogP) is 1.60. The molecule has 0 amide bonds. The van der Waals surface area contributed by atoms with E-state index in [-0.39, 0.29) is 10.6 Å². The molecule has 3 atom stereocenters. The highest BCUT2D eigenvalue weighted by atomic mass is 16.5. The fraction of sp³-hybridized carbons (Fsp3) is 0.938. The van der Waals surface area contributed by atoms with Crippen molar-refractivity contribution in [2.45, 2.75) is 58.5 Å². The van der Waals surface area contributed by atoms with Crippen LogP contribution in [0, 0.1) is 5.92 Å². The Balaban J connectivity index is -0.000000826. The summed E-state index contributed by atoms with van der Waals surface area (Å²) in [6.45, 7) is 5.28. The van der Waals surface area contributed by atoms with Crippen molar-refractivity contribution in [2.75, 3.05) is 34.4 Å². The van der Waals surface area contributed by atoms with Crippen LogP contribution in [0.3, 0.4) is 0 Å². The Bertz CT molecular complexity index is 225. The number of aliphatic hydroxyl groups is 3. The third kappa shape index (κ3) is 17.5. The molecule has 0 rings (SSSR count). The lowest BCUT2D eigenvalue weighted by Gasteiger charge is -2.26. The summed E-state index contributed by atoms with van der Waals surface area (Å²) in [7, 11) is 3.81. The first-order chi connectivity index (χ1) is 10.4. The lowest BCUT2D eigenvalue weighted by Crippen LogP contribution is -2.42. The molecule has 0 aliphatic heterocycles. The molecular weight excluding hydrogens is 286 g/mol. The summed E-state index contributed by atoms with van der Waals surface area (Å²) in [5.74, 6) is -0.313. The van der Waals surface area contributed by atoms with Crippen molar-refractivity contribution in [1.29, 1.82) is 0 Å². The number of carbonyl (C=O) groups is 1. The molecule has 22 heavy (non-hydrogen) atoms. The fourth-order valence-electron chi connectivity index (χ4n) is 1.99. The number of aldehydes is 1. The number of carbonyl (C=O) groups excluding carboxylic acids is 1. The van der Waals surface area contributed by atoms with Gasteiger partial charge in [-0.15, -0.1) is 0 Å². The SMILES string of the molecule is CCCCCC[N+](C)(O)CCCC(O)C(C)C=O.CO.CO. The number of hydrogen-bond acceptors (Lipinski definition) is 5.